The Balaban J connectivity index is 2.09. The largest absolute Gasteiger partial charge is 0.354 e. The zero-order chi connectivity index (χ0) is 11.8. The van der Waals surface area contributed by atoms with Gasteiger partial charge in [-0.25, -0.2) is 9.07 Å². The molecule has 1 atom stereocenters. The van der Waals surface area contributed by atoms with Gasteiger partial charge in [-0.3, -0.25) is 0 Å². The van der Waals surface area contributed by atoms with Crippen molar-refractivity contribution in [1.29, 1.82) is 0 Å². The molecule has 0 aliphatic carbocycles. The van der Waals surface area contributed by atoms with E-state index in [0.29, 0.717) is 11.4 Å². The van der Waals surface area contributed by atoms with Gasteiger partial charge in [0.25, 0.3) is 0 Å². The number of aryl methyl sites for hydroxylation is 1. The molecule has 5 heteroatoms. The van der Waals surface area contributed by atoms with Crippen molar-refractivity contribution in [2.24, 2.45) is 0 Å². The summed E-state index contributed by atoms with van der Waals surface area (Å²) in [6, 6.07) is 6.79. The molecule has 0 saturated carbocycles. The Morgan fingerprint density at radius 1 is 1.41 bits per heavy atom. The molecule has 0 spiro atoms. The second-order valence-corrected chi connectivity index (χ2v) is 4.18. The number of hydrogen-bond acceptors (Lipinski definition) is 3. The number of nitrogens with zero attached hydrogens (tertiary/aromatic N) is 3. The third kappa shape index (κ3) is 1.67. The Hall–Kier alpha value is -1.91. The van der Waals surface area contributed by atoms with Crippen LogP contribution >= 0.6 is 0 Å². The van der Waals surface area contributed by atoms with E-state index in [4.69, 9.17) is 0 Å². The van der Waals surface area contributed by atoms with Gasteiger partial charge in [-0.15, -0.1) is 0 Å². The van der Waals surface area contributed by atoms with Gasteiger partial charge in [0, 0.05) is 12.1 Å². The lowest BCUT2D eigenvalue weighted by molar-refractivity contribution is 0.456. The summed E-state index contributed by atoms with van der Waals surface area (Å²) in [6.45, 7) is 2.63. The molecular formula is C12H13FN4. The van der Waals surface area contributed by atoms with Gasteiger partial charge in [-0.05, 0) is 19.4 Å². The van der Waals surface area contributed by atoms with Crippen LogP contribution < -0.4 is 5.32 Å². The molecule has 0 fully saturated rings. The SMILES string of the molecule is Cc1nc2n(n1)C(c1ccccc1F)CCN2. The first-order valence-corrected chi connectivity index (χ1v) is 5.67. The van der Waals surface area contributed by atoms with Crippen molar-refractivity contribution in [2.75, 3.05) is 11.9 Å². The Labute approximate surface area is 98.5 Å². The number of anilines is 1. The number of nitrogens with one attached hydrogen (secondary N) is 1. The molecule has 4 nitrogen and oxygen atoms in total. The smallest absolute Gasteiger partial charge is 0.221 e. The molecule has 1 aromatic carbocycles. The van der Waals surface area contributed by atoms with Crippen LogP contribution in [0, 0.1) is 12.7 Å². The van der Waals surface area contributed by atoms with E-state index in [1.807, 2.05) is 19.1 Å². The number of benzene rings is 1. The molecule has 1 aliphatic heterocycles. The molecule has 0 bridgehead atoms. The predicted octanol–water partition coefficient (Wildman–Crippen LogP) is 2.13. The van der Waals surface area contributed by atoms with E-state index in [1.54, 1.807) is 10.7 Å². The molecule has 1 N–H and O–H groups in total. The van der Waals surface area contributed by atoms with Crippen LogP contribution in [0.25, 0.3) is 0 Å². The fourth-order valence-electron chi connectivity index (χ4n) is 2.24. The molecule has 3 rings (SSSR count). The highest BCUT2D eigenvalue weighted by molar-refractivity contribution is 5.33. The van der Waals surface area contributed by atoms with E-state index in [0.717, 1.165) is 18.9 Å². The minimum atomic E-state index is -0.182. The van der Waals surface area contributed by atoms with Crippen LogP contribution in [0.2, 0.25) is 0 Å². The lowest BCUT2D eigenvalue weighted by Crippen LogP contribution is -2.25. The summed E-state index contributed by atoms with van der Waals surface area (Å²) in [4.78, 5) is 4.27. The van der Waals surface area contributed by atoms with Crippen LogP contribution in [0.1, 0.15) is 23.9 Å². The molecule has 2 aromatic rings. The van der Waals surface area contributed by atoms with Gasteiger partial charge < -0.3 is 5.32 Å². The molecular weight excluding hydrogens is 219 g/mol. The first-order valence-electron chi connectivity index (χ1n) is 5.67. The second kappa shape index (κ2) is 3.84. The summed E-state index contributed by atoms with van der Waals surface area (Å²) >= 11 is 0. The maximum atomic E-state index is 13.8. The quantitative estimate of drug-likeness (QED) is 0.819. The lowest BCUT2D eigenvalue weighted by Gasteiger charge is -2.24. The van der Waals surface area contributed by atoms with Crippen molar-refractivity contribution in [3.63, 3.8) is 0 Å². The summed E-state index contributed by atoms with van der Waals surface area (Å²) in [5, 5.41) is 7.50. The number of halogens is 1. The topological polar surface area (TPSA) is 42.7 Å². The average molecular weight is 232 g/mol. The fraction of sp³-hybridized carbons (Fsp3) is 0.333. The van der Waals surface area contributed by atoms with Crippen LogP contribution in [-0.4, -0.2) is 21.3 Å². The summed E-state index contributed by atoms with van der Waals surface area (Å²) < 4.78 is 15.6. The summed E-state index contributed by atoms with van der Waals surface area (Å²) in [7, 11) is 0. The van der Waals surface area contributed by atoms with Crippen LogP contribution in [0.15, 0.2) is 24.3 Å². The first-order chi connectivity index (χ1) is 8.25. The maximum Gasteiger partial charge on any atom is 0.221 e. The summed E-state index contributed by atoms with van der Waals surface area (Å²) in [5.41, 5.74) is 0.681. The summed E-state index contributed by atoms with van der Waals surface area (Å²) in [5.74, 6) is 1.25. The fourth-order valence-corrected chi connectivity index (χ4v) is 2.24. The predicted molar refractivity (Wildman–Crippen MR) is 62.4 cm³/mol. The van der Waals surface area contributed by atoms with E-state index in [9.17, 15) is 4.39 Å². The molecule has 1 aromatic heterocycles. The minimum Gasteiger partial charge on any atom is -0.354 e. The first kappa shape index (κ1) is 10.3. The average Bonchev–Trinajstić information content (AvgIpc) is 2.70. The van der Waals surface area contributed by atoms with Gasteiger partial charge in [0.05, 0.1) is 6.04 Å². The standard InChI is InChI=1S/C12H13FN4/c1-8-15-12-14-7-6-11(17(12)16-8)9-4-2-3-5-10(9)13/h2-5,11H,6-7H2,1H3,(H,14,15,16). The normalized spacial score (nSPS) is 18.6. The zero-order valence-corrected chi connectivity index (χ0v) is 9.52. The Morgan fingerprint density at radius 2 is 2.24 bits per heavy atom. The van der Waals surface area contributed by atoms with E-state index in [2.05, 4.69) is 15.4 Å². The molecule has 2 heterocycles. The van der Waals surface area contributed by atoms with Gasteiger partial charge in [-0.2, -0.15) is 10.1 Å². The van der Waals surface area contributed by atoms with E-state index >= 15 is 0 Å². The monoisotopic (exact) mass is 232 g/mol. The Kier molecular flexibility index (Phi) is 2.31. The third-order valence-corrected chi connectivity index (χ3v) is 3.00. The number of hydrogen-bond donors (Lipinski definition) is 1. The number of fused-ring (bicyclic) bond motifs is 1. The van der Waals surface area contributed by atoms with Gasteiger partial charge in [0.15, 0.2) is 0 Å². The van der Waals surface area contributed by atoms with Gasteiger partial charge in [0.2, 0.25) is 5.95 Å². The minimum absolute atomic E-state index is 0.0614. The maximum absolute atomic E-state index is 13.8. The van der Waals surface area contributed by atoms with Crippen molar-refractivity contribution < 1.29 is 4.39 Å². The van der Waals surface area contributed by atoms with Crippen LogP contribution in [0.3, 0.4) is 0 Å². The highest BCUT2D eigenvalue weighted by Crippen LogP contribution is 2.29. The second-order valence-electron chi connectivity index (χ2n) is 4.18. The van der Waals surface area contributed by atoms with E-state index < -0.39 is 0 Å². The van der Waals surface area contributed by atoms with Crippen LogP contribution in [0.4, 0.5) is 10.3 Å². The van der Waals surface area contributed by atoms with Gasteiger partial charge in [-0.1, -0.05) is 18.2 Å². The number of rotatable bonds is 1. The Morgan fingerprint density at radius 3 is 3.06 bits per heavy atom. The molecule has 0 saturated heterocycles. The van der Waals surface area contributed by atoms with Crippen molar-refractivity contribution in [1.82, 2.24) is 14.8 Å². The van der Waals surface area contributed by atoms with Crippen molar-refractivity contribution in [3.8, 4) is 0 Å². The highest BCUT2D eigenvalue weighted by Gasteiger charge is 2.25. The van der Waals surface area contributed by atoms with Gasteiger partial charge >= 0.3 is 0 Å². The molecule has 17 heavy (non-hydrogen) atoms. The van der Waals surface area contributed by atoms with E-state index in [-0.39, 0.29) is 11.9 Å². The molecule has 0 radical (unpaired) electrons. The molecule has 1 aliphatic rings. The van der Waals surface area contributed by atoms with Gasteiger partial charge in [0.1, 0.15) is 11.6 Å². The number of aromatic nitrogens is 3. The van der Waals surface area contributed by atoms with Crippen molar-refractivity contribution in [3.05, 3.63) is 41.5 Å². The summed E-state index contributed by atoms with van der Waals surface area (Å²) in [6.07, 6.45) is 0.816. The van der Waals surface area contributed by atoms with Crippen LogP contribution in [0.5, 0.6) is 0 Å². The molecule has 1 unspecified atom stereocenters. The van der Waals surface area contributed by atoms with Crippen LogP contribution in [-0.2, 0) is 0 Å². The van der Waals surface area contributed by atoms with E-state index in [1.165, 1.54) is 6.07 Å². The highest BCUT2D eigenvalue weighted by atomic mass is 19.1. The Bertz CT molecular complexity index is 549. The molecule has 0 amide bonds. The van der Waals surface area contributed by atoms with Crippen molar-refractivity contribution in [2.45, 2.75) is 19.4 Å². The molecule has 88 valence electrons. The zero-order valence-electron chi connectivity index (χ0n) is 9.52. The third-order valence-electron chi connectivity index (χ3n) is 3.00. The lowest BCUT2D eigenvalue weighted by atomic mass is 10.0. The van der Waals surface area contributed by atoms with Crippen molar-refractivity contribution >= 4 is 5.95 Å².